The molecule has 1 aromatic carbocycles. The van der Waals surface area contributed by atoms with Gasteiger partial charge in [-0.2, -0.15) is 0 Å². The first-order valence-electron chi connectivity index (χ1n) is 10.0. The Hall–Kier alpha value is -2.56. The zero-order valence-corrected chi connectivity index (χ0v) is 17.4. The van der Waals surface area contributed by atoms with Crippen LogP contribution in [-0.4, -0.2) is 51.3 Å². The molecule has 0 bridgehead atoms. The van der Waals surface area contributed by atoms with Crippen molar-refractivity contribution < 1.29 is 19.7 Å². The molecule has 7 nitrogen and oxygen atoms in total. The highest BCUT2D eigenvalue weighted by atomic mass is 16.6. The lowest BCUT2D eigenvalue weighted by atomic mass is 10.00. The van der Waals surface area contributed by atoms with Gasteiger partial charge in [0.15, 0.2) is 12.3 Å². The van der Waals surface area contributed by atoms with Crippen molar-refractivity contribution in [3.63, 3.8) is 0 Å². The second kappa shape index (κ2) is 8.44. The van der Waals surface area contributed by atoms with E-state index in [1.165, 1.54) is 0 Å². The van der Waals surface area contributed by atoms with Crippen LogP contribution >= 0.6 is 0 Å². The van der Waals surface area contributed by atoms with E-state index in [9.17, 15) is 9.90 Å². The first-order chi connectivity index (χ1) is 13.7. The van der Waals surface area contributed by atoms with Crippen molar-refractivity contribution in [2.75, 3.05) is 6.61 Å². The van der Waals surface area contributed by atoms with Gasteiger partial charge in [-0.15, -0.1) is 0 Å². The number of aliphatic hydroxyl groups excluding tert-OH is 2. The monoisotopic (exact) mass is 399 g/mol. The molecule has 2 aliphatic rings. The average molecular weight is 399 g/mol. The largest absolute Gasteiger partial charge is 0.438 e. The maximum absolute atomic E-state index is 12.4. The van der Waals surface area contributed by atoms with E-state index in [0.29, 0.717) is 29.1 Å². The van der Waals surface area contributed by atoms with Crippen molar-refractivity contribution >= 4 is 17.6 Å². The van der Waals surface area contributed by atoms with Crippen LogP contribution in [0, 0.1) is 11.8 Å². The van der Waals surface area contributed by atoms with Gasteiger partial charge in [0.05, 0.1) is 5.69 Å². The van der Waals surface area contributed by atoms with Gasteiger partial charge in [-0.1, -0.05) is 24.8 Å². The quantitative estimate of drug-likeness (QED) is 0.677. The standard InChI is InChI=1S/C22H29N3O4/c1-5-17(29-21(28)24-22(2,3)4)19-23-16-10-6-8-14(9-7-13-26)18(16)20(27)25(19)15-11-12-15/h6,8,10,15,17,20,26-27H,5,11-13H2,1-4H3,(H,24,28)/t17-,20-/m0/s1. The number of amides is 1. The molecule has 29 heavy (non-hydrogen) atoms. The smallest absolute Gasteiger partial charge is 0.408 e. The van der Waals surface area contributed by atoms with Gasteiger partial charge in [0.25, 0.3) is 0 Å². The molecule has 1 heterocycles. The second-order valence-corrected chi connectivity index (χ2v) is 8.36. The molecule has 3 N–H and O–H groups in total. The lowest BCUT2D eigenvalue weighted by Crippen LogP contribution is -2.49. The van der Waals surface area contributed by atoms with Crippen LogP contribution in [0.1, 0.15) is 64.3 Å². The van der Waals surface area contributed by atoms with Crippen molar-refractivity contribution in [2.24, 2.45) is 4.99 Å². The number of benzene rings is 1. The van der Waals surface area contributed by atoms with Gasteiger partial charge in [0.1, 0.15) is 12.4 Å². The SMILES string of the molecule is CC[C@H](OC(=O)NC(C)(C)C)C1=Nc2cccc(C#CCO)c2[C@H](O)N1C1CC1. The van der Waals surface area contributed by atoms with Crippen LogP contribution in [-0.2, 0) is 4.74 Å². The van der Waals surface area contributed by atoms with Crippen molar-refractivity contribution in [3.05, 3.63) is 29.3 Å². The summed E-state index contributed by atoms with van der Waals surface area (Å²) >= 11 is 0. The fourth-order valence-electron chi connectivity index (χ4n) is 3.37. The molecule has 0 aromatic heterocycles. The fraction of sp³-hybridized carbons (Fsp3) is 0.545. The third kappa shape index (κ3) is 4.89. The zero-order chi connectivity index (χ0) is 21.2. The molecule has 0 saturated heterocycles. The predicted molar refractivity (Wildman–Crippen MR) is 111 cm³/mol. The maximum Gasteiger partial charge on any atom is 0.408 e. The summed E-state index contributed by atoms with van der Waals surface area (Å²) in [5.41, 5.74) is 1.45. The lowest BCUT2D eigenvalue weighted by molar-refractivity contribution is 0.0315. The number of nitrogens with zero attached hydrogens (tertiary/aromatic N) is 2. The number of hydrogen-bond donors (Lipinski definition) is 3. The summed E-state index contributed by atoms with van der Waals surface area (Å²) in [7, 11) is 0. The molecule has 0 radical (unpaired) electrons. The molecule has 1 aromatic rings. The number of rotatable bonds is 4. The van der Waals surface area contributed by atoms with Crippen LogP contribution in [0.5, 0.6) is 0 Å². The van der Waals surface area contributed by atoms with Crippen LogP contribution < -0.4 is 5.32 Å². The van der Waals surface area contributed by atoms with E-state index < -0.39 is 24.0 Å². The summed E-state index contributed by atoms with van der Waals surface area (Å²) in [6, 6.07) is 5.59. The van der Waals surface area contributed by atoms with Gasteiger partial charge in [-0.3, -0.25) is 0 Å². The highest BCUT2D eigenvalue weighted by Gasteiger charge is 2.43. The van der Waals surface area contributed by atoms with E-state index in [1.54, 1.807) is 6.07 Å². The van der Waals surface area contributed by atoms with E-state index in [0.717, 1.165) is 12.8 Å². The summed E-state index contributed by atoms with van der Waals surface area (Å²) < 4.78 is 5.69. The Labute approximate surface area is 171 Å². The average Bonchev–Trinajstić information content (AvgIpc) is 3.47. The Morgan fingerprint density at radius 3 is 2.72 bits per heavy atom. The summed E-state index contributed by atoms with van der Waals surface area (Å²) in [6.45, 7) is 7.33. The Kier molecular flexibility index (Phi) is 6.15. The van der Waals surface area contributed by atoms with Crippen molar-refractivity contribution in [1.29, 1.82) is 0 Å². The number of carbonyl (C=O) groups excluding carboxylic acids is 1. The molecule has 1 saturated carbocycles. The molecule has 1 fully saturated rings. The highest BCUT2D eigenvalue weighted by molar-refractivity contribution is 5.93. The molecule has 7 heteroatoms. The number of carbonyl (C=O) groups is 1. The molecule has 1 amide bonds. The number of ether oxygens (including phenoxy) is 1. The van der Waals surface area contributed by atoms with Crippen molar-refractivity contribution in [2.45, 2.75) is 70.9 Å². The first kappa shape index (κ1) is 21.2. The molecule has 1 aliphatic heterocycles. The predicted octanol–water partition coefficient (Wildman–Crippen LogP) is 2.83. The van der Waals surface area contributed by atoms with E-state index in [1.807, 2.05) is 44.7 Å². The van der Waals surface area contributed by atoms with Gasteiger partial charge in [0.2, 0.25) is 0 Å². The minimum Gasteiger partial charge on any atom is -0.438 e. The second-order valence-electron chi connectivity index (χ2n) is 8.36. The number of alkyl carbamates (subject to hydrolysis) is 1. The Balaban J connectivity index is 1.98. The van der Waals surface area contributed by atoms with Gasteiger partial charge < -0.3 is 25.2 Å². The van der Waals surface area contributed by atoms with E-state index in [-0.39, 0.29) is 12.6 Å². The Bertz CT molecular complexity index is 859. The summed E-state index contributed by atoms with van der Waals surface area (Å²) in [5.74, 6) is 6.10. The van der Waals surface area contributed by atoms with Crippen LogP contribution in [0.2, 0.25) is 0 Å². The fourth-order valence-corrected chi connectivity index (χ4v) is 3.37. The summed E-state index contributed by atoms with van der Waals surface area (Å²) in [6.07, 6.45) is 0.406. The van der Waals surface area contributed by atoms with Gasteiger partial charge >= 0.3 is 6.09 Å². The number of fused-ring (bicyclic) bond motifs is 1. The van der Waals surface area contributed by atoms with E-state index in [2.05, 4.69) is 17.2 Å². The van der Waals surface area contributed by atoms with Crippen LogP contribution in [0.4, 0.5) is 10.5 Å². The van der Waals surface area contributed by atoms with Crippen LogP contribution in [0.3, 0.4) is 0 Å². The number of aliphatic imine (C=N–C) groups is 1. The number of hydrogen-bond acceptors (Lipinski definition) is 6. The zero-order valence-electron chi connectivity index (χ0n) is 17.4. The summed E-state index contributed by atoms with van der Waals surface area (Å²) in [5, 5.41) is 23.0. The highest BCUT2D eigenvalue weighted by Crippen LogP contribution is 2.42. The summed E-state index contributed by atoms with van der Waals surface area (Å²) in [4.78, 5) is 19.0. The Morgan fingerprint density at radius 2 is 2.14 bits per heavy atom. The minimum atomic E-state index is -0.933. The third-order valence-corrected chi connectivity index (χ3v) is 4.73. The molecule has 0 spiro atoms. The first-order valence-corrected chi connectivity index (χ1v) is 10.0. The molecule has 3 rings (SSSR count). The molecular formula is C22H29N3O4. The van der Waals surface area contributed by atoms with E-state index in [4.69, 9.17) is 14.8 Å². The van der Waals surface area contributed by atoms with Crippen molar-refractivity contribution in [3.8, 4) is 11.8 Å². The minimum absolute atomic E-state index is 0.152. The number of amidine groups is 1. The maximum atomic E-state index is 12.4. The molecular weight excluding hydrogens is 370 g/mol. The Morgan fingerprint density at radius 1 is 1.41 bits per heavy atom. The van der Waals surface area contributed by atoms with Crippen LogP contribution in [0.25, 0.3) is 0 Å². The lowest BCUT2D eigenvalue weighted by Gasteiger charge is -2.38. The molecule has 2 atom stereocenters. The molecule has 0 unspecified atom stereocenters. The number of aliphatic hydroxyl groups is 2. The topological polar surface area (TPSA) is 94.4 Å². The molecule has 156 valence electrons. The normalized spacial score (nSPS) is 19.4. The van der Waals surface area contributed by atoms with Gasteiger partial charge in [-0.25, -0.2) is 9.79 Å². The molecule has 1 aliphatic carbocycles. The van der Waals surface area contributed by atoms with Gasteiger partial charge in [0, 0.05) is 22.7 Å². The van der Waals surface area contributed by atoms with Crippen LogP contribution in [0.15, 0.2) is 23.2 Å². The van der Waals surface area contributed by atoms with E-state index >= 15 is 0 Å². The van der Waals surface area contributed by atoms with Crippen molar-refractivity contribution in [1.82, 2.24) is 10.2 Å². The third-order valence-electron chi connectivity index (χ3n) is 4.73. The van der Waals surface area contributed by atoms with Gasteiger partial charge in [-0.05, 0) is 52.2 Å². The number of nitrogens with one attached hydrogen (secondary N) is 1.